The van der Waals surface area contributed by atoms with Crippen molar-refractivity contribution in [2.75, 3.05) is 13.1 Å². The van der Waals surface area contributed by atoms with Gasteiger partial charge in [0.15, 0.2) is 0 Å². The molecule has 3 N–H and O–H groups in total. The molecule has 0 radical (unpaired) electrons. The quantitative estimate of drug-likeness (QED) is 0.553. The fourth-order valence-corrected chi connectivity index (χ4v) is 1.90. The van der Waals surface area contributed by atoms with Crippen molar-refractivity contribution < 1.29 is 0 Å². The predicted octanol–water partition coefficient (Wildman–Crippen LogP) is 0.551. The normalized spacial score (nSPS) is 37.5. The van der Waals surface area contributed by atoms with E-state index < -0.39 is 0 Å². The maximum absolute atomic E-state index is 6.04. The molecule has 0 spiro atoms. The lowest BCUT2D eigenvalue weighted by Crippen LogP contribution is -2.44. The fraction of sp³-hybridized carbons (Fsp3) is 1.00. The third-order valence-corrected chi connectivity index (χ3v) is 2.61. The second-order valence-electron chi connectivity index (χ2n) is 3.03. The van der Waals surface area contributed by atoms with Gasteiger partial charge in [-0.1, -0.05) is 0 Å². The molecule has 1 fully saturated rings. The van der Waals surface area contributed by atoms with Crippen LogP contribution in [0, 0.1) is 5.92 Å². The van der Waals surface area contributed by atoms with Crippen molar-refractivity contribution in [1.82, 2.24) is 5.32 Å². The first kappa shape index (κ1) is 8.31. The molecular formula is C7H15ClN2. The average molecular weight is 163 g/mol. The molecule has 1 saturated heterocycles. The Bertz CT molecular complexity index is 106. The first-order valence-electron chi connectivity index (χ1n) is 3.82. The Morgan fingerprint density at radius 1 is 1.70 bits per heavy atom. The summed E-state index contributed by atoms with van der Waals surface area (Å²) in [6, 6.07) is 0.240. The van der Waals surface area contributed by atoms with E-state index in [-0.39, 0.29) is 11.4 Å². The highest BCUT2D eigenvalue weighted by molar-refractivity contribution is 6.21. The van der Waals surface area contributed by atoms with Crippen LogP contribution in [-0.2, 0) is 0 Å². The standard InChI is InChI=1S/C7H15ClN2/c1-5(9)6-2-3-10-4-7(6)8/h5-7,10H,2-4,9H2,1H3. The van der Waals surface area contributed by atoms with E-state index in [4.69, 9.17) is 17.3 Å². The van der Waals surface area contributed by atoms with Gasteiger partial charge in [-0.25, -0.2) is 0 Å². The topological polar surface area (TPSA) is 38.0 Å². The summed E-state index contributed by atoms with van der Waals surface area (Å²) < 4.78 is 0. The van der Waals surface area contributed by atoms with Crippen molar-refractivity contribution in [2.24, 2.45) is 11.7 Å². The number of alkyl halides is 1. The van der Waals surface area contributed by atoms with Crippen LogP contribution < -0.4 is 11.1 Å². The molecule has 10 heavy (non-hydrogen) atoms. The Labute approximate surface area is 67.1 Å². The summed E-state index contributed by atoms with van der Waals surface area (Å²) in [5.41, 5.74) is 5.75. The number of nitrogens with two attached hydrogens (primary N) is 1. The second kappa shape index (κ2) is 3.56. The number of halogens is 1. The van der Waals surface area contributed by atoms with Crippen molar-refractivity contribution in [3.63, 3.8) is 0 Å². The minimum Gasteiger partial charge on any atom is -0.328 e. The van der Waals surface area contributed by atoms with E-state index in [1.54, 1.807) is 0 Å². The highest BCUT2D eigenvalue weighted by atomic mass is 35.5. The SMILES string of the molecule is CC(N)C1CCNCC1Cl. The van der Waals surface area contributed by atoms with Crippen LogP contribution in [0.25, 0.3) is 0 Å². The van der Waals surface area contributed by atoms with Crippen molar-refractivity contribution in [3.8, 4) is 0 Å². The largest absolute Gasteiger partial charge is 0.328 e. The molecule has 0 bridgehead atoms. The van der Waals surface area contributed by atoms with E-state index in [2.05, 4.69) is 5.32 Å². The molecule has 1 heterocycles. The van der Waals surface area contributed by atoms with E-state index in [0.717, 1.165) is 19.5 Å². The molecule has 0 aromatic rings. The van der Waals surface area contributed by atoms with Crippen LogP contribution in [0.4, 0.5) is 0 Å². The van der Waals surface area contributed by atoms with E-state index in [1.165, 1.54) is 0 Å². The zero-order valence-corrected chi connectivity index (χ0v) is 7.06. The summed E-state index contributed by atoms with van der Waals surface area (Å²) in [5, 5.41) is 3.46. The minimum absolute atomic E-state index is 0.230. The van der Waals surface area contributed by atoms with Crippen LogP contribution in [0.3, 0.4) is 0 Å². The molecule has 3 heteroatoms. The van der Waals surface area contributed by atoms with Gasteiger partial charge in [0.1, 0.15) is 0 Å². The molecule has 1 aliphatic heterocycles. The van der Waals surface area contributed by atoms with E-state index in [0.29, 0.717) is 5.92 Å². The van der Waals surface area contributed by atoms with E-state index in [1.807, 2.05) is 6.92 Å². The lowest BCUT2D eigenvalue weighted by atomic mass is 9.91. The third kappa shape index (κ3) is 1.84. The minimum atomic E-state index is 0.230. The molecule has 0 aromatic heterocycles. The first-order chi connectivity index (χ1) is 4.72. The molecule has 3 atom stereocenters. The maximum atomic E-state index is 6.04. The maximum Gasteiger partial charge on any atom is 0.0503 e. The molecule has 60 valence electrons. The first-order valence-corrected chi connectivity index (χ1v) is 4.26. The number of hydrogen-bond donors (Lipinski definition) is 2. The van der Waals surface area contributed by atoms with Crippen LogP contribution >= 0.6 is 11.6 Å². The van der Waals surface area contributed by atoms with Gasteiger partial charge in [-0.3, -0.25) is 0 Å². The zero-order valence-electron chi connectivity index (χ0n) is 6.31. The van der Waals surface area contributed by atoms with Crippen molar-refractivity contribution in [3.05, 3.63) is 0 Å². The summed E-state index contributed by atoms with van der Waals surface area (Å²) >= 11 is 6.04. The highest BCUT2D eigenvalue weighted by Crippen LogP contribution is 2.19. The van der Waals surface area contributed by atoms with Gasteiger partial charge in [0.2, 0.25) is 0 Å². The molecule has 2 nitrogen and oxygen atoms in total. The number of piperidine rings is 1. The summed E-state index contributed by atoms with van der Waals surface area (Å²) in [7, 11) is 0. The Morgan fingerprint density at radius 2 is 2.40 bits per heavy atom. The number of nitrogens with one attached hydrogen (secondary N) is 1. The Hall–Kier alpha value is 0.210. The molecule has 0 aliphatic carbocycles. The van der Waals surface area contributed by atoms with Crippen molar-refractivity contribution in [2.45, 2.75) is 24.8 Å². The van der Waals surface area contributed by atoms with Gasteiger partial charge < -0.3 is 11.1 Å². The van der Waals surface area contributed by atoms with Gasteiger partial charge in [-0.2, -0.15) is 0 Å². The number of rotatable bonds is 1. The summed E-state index contributed by atoms with van der Waals surface area (Å²) in [5.74, 6) is 0.503. The van der Waals surface area contributed by atoms with Gasteiger partial charge in [0.05, 0.1) is 5.38 Å². The average Bonchev–Trinajstić information content (AvgIpc) is 1.88. The van der Waals surface area contributed by atoms with Crippen LogP contribution in [-0.4, -0.2) is 24.5 Å². The predicted molar refractivity (Wildman–Crippen MR) is 44.3 cm³/mol. The van der Waals surface area contributed by atoms with Gasteiger partial charge in [-0.05, 0) is 25.8 Å². The highest BCUT2D eigenvalue weighted by Gasteiger charge is 2.25. The summed E-state index contributed by atoms with van der Waals surface area (Å²) in [4.78, 5) is 0. The zero-order chi connectivity index (χ0) is 7.56. The summed E-state index contributed by atoms with van der Waals surface area (Å²) in [6.07, 6.45) is 1.12. The molecule has 3 unspecified atom stereocenters. The molecule has 1 rings (SSSR count). The molecule has 0 saturated carbocycles. The fourth-order valence-electron chi connectivity index (χ4n) is 1.43. The second-order valence-corrected chi connectivity index (χ2v) is 3.59. The van der Waals surface area contributed by atoms with Crippen LogP contribution in [0.2, 0.25) is 0 Å². The van der Waals surface area contributed by atoms with Gasteiger partial charge in [0, 0.05) is 12.6 Å². The van der Waals surface area contributed by atoms with Crippen LogP contribution in [0.1, 0.15) is 13.3 Å². The molecule has 0 amide bonds. The molecular weight excluding hydrogens is 148 g/mol. The van der Waals surface area contributed by atoms with E-state index >= 15 is 0 Å². The molecule has 0 aromatic carbocycles. The molecule has 1 aliphatic rings. The lowest BCUT2D eigenvalue weighted by molar-refractivity contribution is 0.337. The summed E-state index contributed by atoms with van der Waals surface area (Å²) in [6.45, 7) is 4.01. The van der Waals surface area contributed by atoms with Gasteiger partial charge in [-0.15, -0.1) is 11.6 Å². The lowest BCUT2D eigenvalue weighted by Gasteiger charge is -2.30. The Balaban J connectivity index is 2.40. The Morgan fingerprint density at radius 3 is 2.80 bits per heavy atom. The smallest absolute Gasteiger partial charge is 0.0503 e. The van der Waals surface area contributed by atoms with E-state index in [9.17, 15) is 0 Å². The van der Waals surface area contributed by atoms with Gasteiger partial charge >= 0.3 is 0 Å². The van der Waals surface area contributed by atoms with Crippen molar-refractivity contribution >= 4 is 11.6 Å². The van der Waals surface area contributed by atoms with Crippen molar-refractivity contribution in [1.29, 1.82) is 0 Å². The Kier molecular flexibility index (Phi) is 2.96. The van der Waals surface area contributed by atoms with Crippen LogP contribution in [0.5, 0.6) is 0 Å². The van der Waals surface area contributed by atoms with Gasteiger partial charge in [0.25, 0.3) is 0 Å². The third-order valence-electron chi connectivity index (χ3n) is 2.13. The number of hydrogen-bond acceptors (Lipinski definition) is 2. The van der Waals surface area contributed by atoms with Crippen LogP contribution in [0.15, 0.2) is 0 Å². The monoisotopic (exact) mass is 162 g/mol.